The molecule has 4 rings (SSSR count). The molecule has 174 valence electrons. The highest BCUT2D eigenvalue weighted by Gasteiger charge is 2.19. The van der Waals surface area contributed by atoms with Crippen LogP contribution < -0.4 is 10.1 Å². The molecule has 2 heterocycles. The van der Waals surface area contributed by atoms with Crippen molar-refractivity contribution in [3.05, 3.63) is 95.9 Å². The van der Waals surface area contributed by atoms with Gasteiger partial charge < -0.3 is 19.4 Å². The van der Waals surface area contributed by atoms with Crippen LogP contribution in [0.2, 0.25) is 0 Å². The molecule has 0 atom stereocenters. The molecule has 0 spiro atoms. The molecule has 0 bridgehead atoms. The van der Waals surface area contributed by atoms with Crippen LogP contribution in [-0.4, -0.2) is 39.2 Å². The molecule has 34 heavy (non-hydrogen) atoms. The molecule has 0 unspecified atom stereocenters. The van der Waals surface area contributed by atoms with Gasteiger partial charge in [0.2, 0.25) is 5.91 Å². The first kappa shape index (κ1) is 23.0. The van der Waals surface area contributed by atoms with Gasteiger partial charge in [0.15, 0.2) is 0 Å². The van der Waals surface area contributed by atoms with Gasteiger partial charge in [0.1, 0.15) is 24.5 Å². The molecule has 4 aromatic rings. The summed E-state index contributed by atoms with van der Waals surface area (Å²) in [6.07, 6.45) is 4.59. The lowest BCUT2D eigenvalue weighted by Gasteiger charge is -2.22. The van der Waals surface area contributed by atoms with E-state index in [9.17, 15) is 9.59 Å². The summed E-state index contributed by atoms with van der Waals surface area (Å²) in [6.45, 7) is 4.66. The minimum absolute atomic E-state index is 0.0205. The van der Waals surface area contributed by atoms with E-state index in [2.05, 4.69) is 10.3 Å². The number of aryl methyl sites for hydroxylation is 1. The third-order valence-corrected chi connectivity index (χ3v) is 5.42. The van der Waals surface area contributed by atoms with E-state index in [-0.39, 0.29) is 25.0 Å². The number of carbonyl (C=O) groups is 2. The number of pyridine rings is 1. The Bertz CT molecular complexity index is 1260. The van der Waals surface area contributed by atoms with Crippen LogP contribution in [0.1, 0.15) is 35.0 Å². The Morgan fingerprint density at radius 3 is 2.68 bits per heavy atom. The molecule has 2 aromatic heterocycles. The maximum Gasteiger partial charge on any atom is 0.254 e. The van der Waals surface area contributed by atoms with E-state index in [0.717, 1.165) is 29.0 Å². The molecule has 7 heteroatoms. The van der Waals surface area contributed by atoms with Crippen LogP contribution in [0.5, 0.6) is 5.75 Å². The van der Waals surface area contributed by atoms with Crippen molar-refractivity contribution in [1.29, 1.82) is 0 Å². The Kier molecular flexibility index (Phi) is 7.22. The first-order valence-electron chi connectivity index (χ1n) is 11.3. The average molecular weight is 457 g/mol. The number of amides is 2. The Morgan fingerprint density at radius 1 is 1.06 bits per heavy atom. The summed E-state index contributed by atoms with van der Waals surface area (Å²) >= 11 is 0. The third-order valence-electron chi connectivity index (χ3n) is 5.42. The smallest absolute Gasteiger partial charge is 0.254 e. The number of nitrogens with one attached hydrogen (secondary N) is 1. The summed E-state index contributed by atoms with van der Waals surface area (Å²) in [5.41, 5.74) is 3.84. The number of hydrogen-bond donors (Lipinski definition) is 1. The summed E-state index contributed by atoms with van der Waals surface area (Å²) < 4.78 is 7.83. The number of benzene rings is 2. The van der Waals surface area contributed by atoms with Gasteiger partial charge in [-0.25, -0.2) is 4.98 Å². The predicted octanol–water partition coefficient (Wildman–Crippen LogP) is 4.71. The average Bonchev–Trinajstić information content (AvgIpc) is 3.27. The molecule has 0 radical (unpaired) electrons. The fraction of sp³-hybridized carbons (Fsp3) is 0.222. The van der Waals surface area contributed by atoms with Crippen molar-refractivity contribution in [2.24, 2.45) is 0 Å². The number of aromatic nitrogens is 2. The number of imidazole rings is 1. The minimum Gasteiger partial charge on any atom is -0.487 e. The Morgan fingerprint density at radius 2 is 1.88 bits per heavy atom. The van der Waals surface area contributed by atoms with Gasteiger partial charge in [-0.3, -0.25) is 9.59 Å². The Hall–Kier alpha value is -4.13. The van der Waals surface area contributed by atoms with Gasteiger partial charge in [-0.05, 0) is 55.3 Å². The molecule has 0 aliphatic heterocycles. The van der Waals surface area contributed by atoms with Crippen LogP contribution in [0.25, 0.3) is 5.65 Å². The molecule has 1 N–H and O–H groups in total. The summed E-state index contributed by atoms with van der Waals surface area (Å²) in [5.74, 6) is 0.138. The molecular weight excluding hydrogens is 428 g/mol. The van der Waals surface area contributed by atoms with Crippen molar-refractivity contribution in [2.75, 3.05) is 18.4 Å². The van der Waals surface area contributed by atoms with Gasteiger partial charge >= 0.3 is 0 Å². The standard InChI is InChI=1S/C27H28N4O3/c1-3-14-31(18-26(32)29-24-12-5-4-9-20(24)2)27(33)21-10-8-11-23(16-21)34-19-22-17-30-15-7-6-13-25(30)28-22/h4-13,15-17H,3,14,18-19H2,1-2H3,(H,29,32). The summed E-state index contributed by atoms with van der Waals surface area (Å²) in [5, 5.41) is 2.90. The number of carbonyl (C=O) groups excluding carboxylic acids is 2. The van der Waals surface area contributed by atoms with Crippen molar-refractivity contribution < 1.29 is 14.3 Å². The second kappa shape index (κ2) is 10.7. The van der Waals surface area contributed by atoms with E-state index < -0.39 is 0 Å². The molecule has 0 aliphatic rings. The normalized spacial score (nSPS) is 10.8. The molecule has 2 amide bonds. The number of hydrogen-bond acceptors (Lipinski definition) is 4. The fourth-order valence-electron chi connectivity index (χ4n) is 3.71. The van der Waals surface area contributed by atoms with Crippen LogP contribution >= 0.6 is 0 Å². The third kappa shape index (κ3) is 5.61. The molecule has 0 saturated heterocycles. The zero-order valence-corrected chi connectivity index (χ0v) is 19.4. The van der Waals surface area contributed by atoms with Crippen molar-refractivity contribution in [3.8, 4) is 5.75 Å². The highest BCUT2D eigenvalue weighted by molar-refractivity contribution is 5.99. The maximum atomic E-state index is 13.2. The van der Waals surface area contributed by atoms with Gasteiger partial charge in [0, 0.05) is 30.2 Å². The van der Waals surface area contributed by atoms with E-state index in [1.54, 1.807) is 23.1 Å². The molecular formula is C27H28N4O3. The molecule has 2 aromatic carbocycles. The zero-order chi connectivity index (χ0) is 23.9. The van der Waals surface area contributed by atoms with E-state index in [1.807, 2.05) is 79.2 Å². The highest BCUT2D eigenvalue weighted by atomic mass is 16.5. The quantitative estimate of drug-likeness (QED) is 0.396. The first-order chi connectivity index (χ1) is 16.5. The minimum atomic E-state index is -0.227. The summed E-state index contributed by atoms with van der Waals surface area (Å²) in [4.78, 5) is 31.9. The number of anilines is 1. The molecule has 0 fully saturated rings. The number of nitrogens with zero attached hydrogens (tertiary/aromatic N) is 3. The maximum absolute atomic E-state index is 13.2. The van der Waals surface area contributed by atoms with E-state index >= 15 is 0 Å². The van der Waals surface area contributed by atoms with Crippen LogP contribution in [0.3, 0.4) is 0 Å². The van der Waals surface area contributed by atoms with Crippen LogP contribution in [0.15, 0.2) is 79.1 Å². The van der Waals surface area contributed by atoms with E-state index in [1.165, 1.54) is 0 Å². The van der Waals surface area contributed by atoms with E-state index in [4.69, 9.17) is 4.74 Å². The van der Waals surface area contributed by atoms with Crippen molar-refractivity contribution >= 4 is 23.1 Å². The van der Waals surface area contributed by atoms with E-state index in [0.29, 0.717) is 17.9 Å². The molecule has 7 nitrogen and oxygen atoms in total. The largest absolute Gasteiger partial charge is 0.487 e. The zero-order valence-electron chi connectivity index (χ0n) is 19.4. The second-order valence-corrected chi connectivity index (χ2v) is 8.10. The summed E-state index contributed by atoms with van der Waals surface area (Å²) in [6, 6.07) is 20.4. The number of rotatable bonds is 9. The van der Waals surface area contributed by atoms with Gasteiger partial charge in [-0.2, -0.15) is 0 Å². The molecule has 0 saturated carbocycles. The van der Waals surface area contributed by atoms with Crippen molar-refractivity contribution in [3.63, 3.8) is 0 Å². The number of para-hydroxylation sites is 1. The number of ether oxygens (including phenoxy) is 1. The topological polar surface area (TPSA) is 75.9 Å². The Balaban J connectivity index is 1.41. The van der Waals surface area contributed by atoms with Gasteiger partial charge in [0.25, 0.3) is 5.91 Å². The summed E-state index contributed by atoms with van der Waals surface area (Å²) in [7, 11) is 0. The predicted molar refractivity (Wildman–Crippen MR) is 132 cm³/mol. The van der Waals surface area contributed by atoms with Gasteiger partial charge in [-0.15, -0.1) is 0 Å². The SMILES string of the molecule is CCCN(CC(=O)Nc1ccccc1C)C(=O)c1cccc(OCc2cn3ccccc3n2)c1. The molecule has 0 aliphatic carbocycles. The Labute approximate surface area is 199 Å². The van der Waals surface area contributed by atoms with Gasteiger partial charge in [0.05, 0.1) is 5.69 Å². The lowest BCUT2D eigenvalue weighted by molar-refractivity contribution is -0.116. The lowest BCUT2D eigenvalue weighted by atomic mass is 10.1. The van der Waals surface area contributed by atoms with Crippen LogP contribution in [0, 0.1) is 6.92 Å². The van der Waals surface area contributed by atoms with Crippen LogP contribution in [-0.2, 0) is 11.4 Å². The van der Waals surface area contributed by atoms with Gasteiger partial charge in [-0.1, -0.05) is 37.3 Å². The number of fused-ring (bicyclic) bond motifs is 1. The highest BCUT2D eigenvalue weighted by Crippen LogP contribution is 2.18. The van der Waals surface area contributed by atoms with Crippen LogP contribution in [0.4, 0.5) is 5.69 Å². The van der Waals surface area contributed by atoms with Crippen molar-refractivity contribution in [2.45, 2.75) is 26.9 Å². The second-order valence-electron chi connectivity index (χ2n) is 8.10. The lowest BCUT2D eigenvalue weighted by Crippen LogP contribution is -2.38. The van der Waals surface area contributed by atoms with Crippen molar-refractivity contribution in [1.82, 2.24) is 14.3 Å². The monoisotopic (exact) mass is 456 g/mol. The fourth-order valence-corrected chi connectivity index (χ4v) is 3.71. The first-order valence-corrected chi connectivity index (χ1v) is 11.3.